The van der Waals surface area contributed by atoms with Crippen molar-refractivity contribution in [1.29, 1.82) is 0 Å². The van der Waals surface area contributed by atoms with E-state index in [9.17, 15) is 14.2 Å². The number of hydrogen-bond acceptors (Lipinski definition) is 4. The van der Waals surface area contributed by atoms with Crippen LogP contribution in [0.3, 0.4) is 0 Å². The summed E-state index contributed by atoms with van der Waals surface area (Å²) < 4.78 is 11.9. The summed E-state index contributed by atoms with van der Waals surface area (Å²) in [5.41, 5.74) is 0.869. The Kier molecular flexibility index (Phi) is 4.09. The number of ketones is 1. The number of aromatic nitrogens is 2. The first-order chi connectivity index (χ1) is 9.45. The van der Waals surface area contributed by atoms with Crippen LogP contribution in [0.4, 0.5) is 0 Å². The van der Waals surface area contributed by atoms with Crippen LogP contribution < -0.4 is 0 Å². The first-order valence-corrected chi connectivity index (χ1v) is 6.68. The van der Waals surface area contributed by atoms with Crippen LogP contribution in [0.2, 0.25) is 5.02 Å². The molecule has 0 radical (unpaired) electrons. The van der Waals surface area contributed by atoms with Crippen molar-refractivity contribution < 1.29 is 19.3 Å². The SMILES string of the molecule is CC(C(=O)O)C(=O)c1nc2cc(Cl)ccc2n1C#P=O. The topological polar surface area (TPSA) is 89.3 Å². The van der Waals surface area contributed by atoms with E-state index in [1.807, 2.05) is 0 Å². The fourth-order valence-electron chi connectivity index (χ4n) is 1.67. The molecule has 0 fully saturated rings. The molecule has 1 heterocycles. The average Bonchev–Trinajstić information content (AvgIpc) is 2.75. The molecule has 6 nitrogen and oxygen atoms in total. The number of hydrogen-bond donors (Lipinski definition) is 1. The molecule has 0 spiro atoms. The predicted octanol–water partition coefficient (Wildman–Crippen LogP) is 2.65. The molecule has 0 saturated carbocycles. The number of carboxylic acids is 1. The van der Waals surface area contributed by atoms with E-state index in [1.54, 1.807) is 12.1 Å². The molecule has 0 saturated heterocycles. The van der Waals surface area contributed by atoms with Crippen LogP contribution in [0.1, 0.15) is 17.5 Å². The van der Waals surface area contributed by atoms with Gasteiger partial charge >= 0.3 is 119 Å². The Morgan fingerprint density at radius 3 is 2.80 bits per heavy atom. The van der Waals surface area contributed by atoms with E-state index >= 15 is 0 Å². The van der Waals surface area contributed by atoms with Gasteiger partial charge < -0.3 is 0 Å². The van der Waals surface area contributed by atoms with Crippen molar-refractivity contribution in [3.8, 4) is 5.75 Å². The quantitative estimate of drug-likeness (QED) is 0.535. The van der Waals surface area contributed by atoms with E-state index < -0.39 is 25.6 Å². The summed E-state index contributed by atoms with van der Waals surface area (Å²) in [7, 11) is -0.450. The van der Waals surface area contributed by atoms with Crippen molar-refractivity contribution in [1.82, 2.24) is 9.55 Å². The van der Waals surface area contributed by atoms with Crippen LogP contribution in [0.25, 0.3) is 11.0 Å². The summed E-state index contributed by atoms with van der Waals surface area (Å²) in [5.74, 6) is -0.941. The van der Waals surface area contributed by atoms with E-state index in [-0.39, 0.29) is 5.82 Å². The number of carboxylic acid groups (broad SMARTS) is 1. The maximum absolute atomic E-state index is 12.1. The number of fused-ring (bicyclic) bond motifs is 1. The third-order valence-electron chi connectivity index (χ3n) is 2.74. The molecular formula is C12H8ClN2O4P. The maximum atomic E-state index is 12.1. The predicted molar refractivity (Wildman–Crippen MR) is 72.8 cm³/mol. The molecule has 0 bridgehead atoms. The summed E-state index contributed by atoms with van der Waals surface area (Å²) in [4.78, 5) is 27.0. The number of aliphatic carboxylic acids is 1. The van der Waals surface area contributed by atoms with Crippen LogP contribution in [0.15, 0.2) is 18.2 Å². The summed E-state index contributed by atoms with van der Waals surface area (Å²) >= 11 is 5.84. The first kappa shape index (κ1) is 14.5. The second-order valence-electron chi connectivity index (χ2n) is 4.02. The first-order valence-electron chi connectivity index (χ1n) is 5.49. The van der Waals surface area contributed by atoms with Crippen LogP contribution in [-0.2, 0) is 9.36 Å². The zero-order valence-corrected chi connectivity index (χ0v) is 11.9. The number of carbonyl (C=O) groups is 2. The Balaban J connectivity index is 2.71. The molecule has 0 amide bonds. The molecule has 8 heteroatoms. The van der Waals surface area contributed by atoms with Crippen LogP contribution in [0, 0.1) is 11.7 Å². The van der Waals surface area contributed by atoms with E-state index in [0.29, 0.717) is 16.1 Å². The monoisotopic (exact) mass is 310 g/mol. The van der Waals surface area contributed by atoms with Crippen molar-refractivity contribution in [2.75, 3.05) is 0 Å². The summed E-state index contributed by atoms with van der Waals surface area (Å²) in [6, 6.07) is 4.70. The number of rotatable bonds is 3. The molecule has 1 unspecified atom stereocenters. The van der Waals surface area contributed by atoms with Gasteiger partial charge in [-0.2, -0.15) is 0 Å². The molecule has 1 aromatic carbocycles. The van der Waals surface area contributed by atoms with Crippen molar-refractivity contribution in [2.45, 2.75) is 6.92 Å². The third kappa shape index (κ3) is 2.54. The summed E-state index contributed by atoms with van der Waals surface area (Å²) in [6.07, 6.45) is 0. The van der Waals surface area contributed by atoms with Gasteiger partial charge in [0.2, 0.25) is 0 Å². The zero-order valence-electron chi connectivity index (χ0n) is 10.2. The zero-order chi connectivity index (χ0) is 14.9. The van der Waals surface area contributed by atoms with E-state index in [4.69, 9.17) is 16.7 Å². The number of imidazole rings is 1. The Labute approximate surface area is 119 Å². The van der Waals surface area contributed by atoms with Gasteiger partial charge in [-0.05, 0) is 0 Å². The van der Waals surface area contributed by atoms with Gasteiger partial charge in [-0.25, -0.2) is 0 Å². The van der Waals surface area contributed by atoms with Gasteiger partial charge in [-0.3, -0.25) is 0 Å². The van der Waals surface area contributed by atoms with Gasteiger partial charge in [0.05, 0.1) is 0 Å². The number of halogens is 1. The van der Waals surface area contributed by atoms with Crippen LogP contribution in [0.5, 0.6) is 0 Å². The average molecular weight is 311 g/mol. The fraction of sp³-hybridized carbons (Fsp3) is 0.167. The Morgan fingerprint density at radius 1 is 1.50 bits per heavy atom. The molecule has 2 aromatic rings. The fourth-order valence-corrected chi connectivity index (χ4v) is 2.12. The molecule has 1 N–H and O–H groups in total. The Hall–Kier alpha value is -1.87. The Bertz CT molecular complexity index is 824. The molecule has 20 heavy (non-hydrogen) atoms. The number of carbonyl (C=O) groups excluding carboxylic acids is 1. The van der Waals surface area contributed by atoms with Gasteiger partial charge in [-0.1, -0.05) is 0 Å². The number of benzene rings is 1. The van der Waals surface area contributed by atoms with E-state index in [2.05, 4.69) is 10.7 Å². The number of Topliss-reactive ketones (excluding diaryl/α,β-unsaturated/α-hetero) is 1. The van der Waals surface area contributed by atoms with E-state index in [0.717, 1.165) is 0 Å². The van der Waals surface area contributed by atoms with Crippen molar-refractivity contribution >= 4 is 42.3 Å². The molecule has 1 aromatic heterocycles. The summed E-state index contributed by atoms with van der Waals surface area (Å²) in [6.45, 7) is 1.26. The molecule has 0 aliphatic heterocycles. The minimum absolute atomic E-state index is 0.138. The standard InChI is InChI=1S/C12H8ClN2O4P/c1-6(12(17)18)10(16)11-14-8-4-7(13)2-3-9(8)15(11)5-20-19/h2-4,6H,1H3,(H,17,18). The molecule has 1 atom stereocenters. The molecule has 0 aliphatic rings. The Morgan fingerprint density at radius 2 is 2.20 bits per heavy atom. The minimum atomic E-state index is -1.26. The summed E-state index contributed by atoms with van der Waals surface area (Å²) in [5, 5.41) is 9.31. The molecule has 2 rings (SSSR count). The van der Waals surface area contributed by atoms with E-state index in [1.165, 1.54) is 17.6 Å². The normalized spacial score (nSPS) is 11.9. The van der Waals surface area contributed by atoms with Crippen molar-refractivity contribution in [3.05, 3.63) is 29.0 Å². The van der Waals surface area contributed by atoms with Gasteiger partial charge in [0.15, 0.2) is 0 Å². The van der Waals surface area contributed by atoms with Gasteiger partial charge in [-0.15, -0.1) is 0 Å². The van der Waals surface area contributed by atoms with Crippen molar-refractivity contribution in [3.63, 3.8) is 0 Å². The third-order valence-corrected chi connectivity index (χ3v) is 3.26. The number of nitrogens with zero attached hydrogens (tertiary/aromatic N) is 2. The van der Waals surface area contributed by atoms with Gasteiger partial charge in [0.1, 0.15) is 0 Å². The molecular weight excluding hydrogens is 303 g/mol. The van der Waals surface area contributed by atoms with Gasteiger partial charge in [0.25, 0.3) is 0 Å². The van der Waals surface area contributed by atoms with Crippen molar-refractivity contribution in [2.24, 2.45) is 5.92 Å². The van der Waals surface area contributed by atoms with Crippen LogP contribution in [-0.4, -0.2) is 26.4 Å². The van der Waals surface area contributed by atoms with Gasteiger partial charge in [0, 0.05) is 0 Å². The second kappa shape index (κ2) is 5.63. The second-order valence-corrected chi connectivity index (χ2v) is 4.84. The van der Waals surface area contributed by atoms with Crippen LogP contribution >= 0.6 is 19.5 Å². The molecule has 0 aliphatic carbocycles. The molecule has 102 valence electrons.